The van der Waals surface area contributed by atoms with E-state index in [9.17, 15) is 9.59 Å². The van der Waals surface area contributed by atoms with Crippen LogP contribution in [0.15, 0.2) is 22.7 Å². The van der Waals surface area contributed by atoms with E-state index in [0.717, 1.165) is 13.0 Å². The van der Waals surface area contributed by atoms with Crippen molar-refractivity contribution in [1.82, 2.24) is 5.32 Å². The molecule has 0 radical (unpaired) electrons. The predicted molar refractivity (Wildman–Crippen MR) is 75.3 cm³/mol. The summed E-state index contributed by atoms with van der Waals surface area (Å²) in [6, 6.07) is 4.56. The number of benzene rings is 1. The van der Waals surface area contributed by atoms with Gasteiger partial charge in [0.25, 0.3) is 0 Å². The standard InChI is InChI=1S/C13H15BrN2O3/c1-13(4-5-15-7-13)12(19)16-10-6-8(11(17)18)2-3-9(10)14/h2-3,6,15H,4-5,7H2,1H3,(H,16,19)(H,17,18). The van der Waals surface area contributed by atoms with Crippen LogP contribution in [0.1, 0.15) is 23.7 Å². The fraction of sp³-hybridized carbons (Fsp3) is 0.385. The number of carboxylic acids is 1. The Morgan fingerprint density at radius 2 is 2.21 bits per heavy atom. The van der Waals surface area contributed by atoms with E-state index in [1.54, 1.807) is 6.07 Å². The minimum absolute atomic E-state index is 0.0965. The molecule has 102 valence electrons. The molecule has 0 saturated carbocycles. The number of hydrogen-bond acceptors (Lipinski definition) is 3. The zero-order valence-electron chi connectivity index (χ0n) is 10.5. The molecule has 1 aromatic rings. The van der Waals surface area contributed by atoms with Crippen LogP contribution in [-0.4, -0.2) is 30.1 Å². The fourth-order valence-electron chi connectivity index (χ4n) is 2.04. The average Bonchev–Trinajstić information content (AvgIpc) is 2.80. The third kappa shape index (κ3) is 2.96. The topological polar surface area (TPSA) is 78.4 Å². The number of amides is 1. The maximum Gasteiger partial charge on any atom is 0.335 e. The number of carboxylic acid groups (broad SMARTS) is 1. The molecule has 0 aliphatic carbocycles. The quantitative estimate of drug-likeness (QED) is 0.794. The second-order valence-corrected chi connectivity index (χ2v) is 5.80. The molecule has 6 heteroatoms. The van der Waals surface area contributed by atoms with Gasteiger partial charge in [-0.1, -0.05) is 0 Å². The van der Waals surface area contributed by atoms with Crippen LogP contribution in [0.25, 0.3) is 0 Å². The maximum atomic E-state index is 12.3. The molecular weight excluding hydrogens is 312 g/mol. The number of aromatic carboxylic acids is 1. The Bertz CT molecular complexity index is 525. The van der Waals surface area contributed by atoms with Gasteiger partial charge in [-0.05, 0) is 54.0 Å². The van der Waals surface area contributed by atoms with Crippen molar-refractivity contribution in [2.24, 2.45) is 5.41 Å². The van der Waals surface area contributed by atoms with Crippen LogP contribution in [0, 0.1) is 5.41 Å². The second-order valence-electron chi connectivity index (χ2n) is 4.94. The lowest BCUT2D eigenvalue weighted by Crippen LogP contribution is -2.35. The lowest BCUT2D eigenvalue weighted by molar-refractivity contribution is -0.123. The Kier molecular flexibility index (Phi) is 3.91. The smallest absolute Gasteiger partial charge is 0.335 e. The van der Waals surface area contributed by atoms with E-state index >= 15 is 0 Å². The zero-order valence-corrected chi connectivity index (χ0v) is 12.1. The van der Waals surface area contributed by atoms with Crippen molar-refractivity contribution < 1.29 is 14.7 Å². The van der Waals surface area contributed by atoms with Crippen LogP contribution in [0.3, 0.4) is 0 Å². The van der Waals surface area contributed by atoms with Gasteiger partial charge in [0.05, 0.1) is 16.7 Å². The average molecular weight is 327 g/mol. The Morgan fingerprint density at radius 3 is 2.79 bits per heavy atom. The number of carbonyl (C=O) groups excluding carboxylic acids is 1. The molecule has 0 spiro atoms. The molecule has 2 rings (SSSR count). The Morgan fingerprint density at radius 1 is 1.47 bits per heavy atom. The van der Waals surface area contributed by atoms with Crippen LogP contribution >= 0.6 is 15.9 Å². The van der Waals surface area contributed by atoms with Crippen molar-refractivity contribution in [3.8, 4) is 0 Å². The van der Waals surface area contributed by atoms with Crippen LogP contribution in [0.4, 0.5) is 5.69 Å². The third-order valence-electron chi connectivity index (χ3n) is 3.38. The molecule has 1 aromatic carbocycles. The van der Waals surface area contributed by atoms with E-state index in [4.69, 9.17) is 5.11 Å². The highest BCUT2D eigenvalue weighted by molar-refractivity contribution is 9.10. The van der Waals surface area contributed by atoms with Crippen molar-refractivity contribution >= 4 is 33.5 Å². The number of rotatable bonds is 3. The molecule has 1 amide bonds. The summed E-state index contributed by atoms with van der Waals surface area (Å²) in [5.41, 5.74) is 0.185. The number of hydrogen-bond donors (Lipinski definition) is 3. The summed E-state index contributed by atoms with van der Waals surface area (Å²) in [7, 11) is 0. The molecular formula is C13H15BrN2O3. The van der Waals surface area contributed by atoms with Crippen molar-refractivity contribution in [2.75, 3.05) is 18.4 Å². The van der Waals surface area contributed by atoms with Crippen molar-refractivity contribution in [2.45, 2.75) is 13.3 Å². The second kappa shape index (κ2) is 5.30. The monoisotopic (exact) mass is 326 g/mol. The first kappa shape index (κ1) is 14.0. The number of halogens is 1. The third-order valence-corrected chi connectivity index (χ3v) is 4.07. The molecule has 0 bridgehead atoms. The molecule has 19 heavy (non-hydrogen) atoms. The molecule has 1 aliphatic heterocycles. The molecule has 1 unspecified atom stereocenters. The molecule has 1 heterocycles. The molecule has 1 fully saturated rings. The van der Waals surface area contributed by atoms with Crippen LogP contribution in [-0.2, 0) is 4.79 Å². The van der Waals surface area contributed by atoms with E-state index < -0.39 is 11.4 Å². The number of anilines is 1. The van der Waals surface area contributed by atoms with Gasteiger partial charge in [0.2, 0.25) is 5.91 Å². The number of carbonyl (C=O) groups is 2. The van der Waals surface area contributed by atoms with Crippen molar-refractivity contribution in [1.29, 1.82) is 0 Å². The van der Waals surface area contributed by atoms with Gasteiger partial charge in [-0.15, -0.1) is 0 Å². The summed E-state index contributed by atoms with van der Waals surface area (Å²) < 4.78 is 0.667. The van der Waals surface area contributed by atoms with Gasteiger partial charge < -0.3 is 15.7 Å². The minimum Gasteiger partial charge on any atom is -0.478 e. The van der Waals surface area contributed by atoms with Crippen molar-refractivity contribution in [3.05, 3.63) is 28.2 Å². The minimum atomic E-state index is -1.02. The summed E-state index contributed by atoms with van der Waals surface area (Å²) >= 11 is 3.31. The fourth-order valence-corrected chi connectivity index (χ4v) is 2.38. The first-order chi connectivity index (χ1) is 8.92. The summed E-state index contributed by atoms with van der Waals surface area (Å²) in [5, 5.41) is 14.9. The molecule has 3 N–H and O–H groups in total. The maximum absolute atomic E-state index is 12.3. The summed E-state index contributed by atoms with van der Waals surface area (Å²) in [4.78, 5) is 23.2. The van der Waals surface area contributed by atoms with E-state index in [1.165, 1.54) is 12.1 Å². The summed E-state index contributed by atoms with van der Waals surface area (Å²) in [6.07, 6.45) is 0.773. The molecule has 1 aliphatic rings. The molecule has 0 aromatic heterocycles. The van der Waals surface area contributed by atoms with Gasteiger partial charge in [-0.25, -0.2) is 4.79 Å². The Hall–Kier alpha value is -1.40. The van der Waals surface area contributed by atoms with Crippen LogP contribution in [0.5, 0.6) is 0 Å². The lowest BCUT2D eigenvalue weighted by atomic mass is 9.88. The largest absolute Gasteiger partial charge is 0.478 e. The molecule has 1 atom stereocenters. The first-order valence-electron chi connectivity index (χ1n) is 5.97. The highest BCUT2D eigenvalue weighted by atomic mass is 79.9. The van der Waals surface area contributed by atoms with Gasteiger partial charge in [0, 0.05) is 11.0 Å². The van der Waals surface area contributed by atoms with E-state index in [1.807, 2.05) is 6.92 Å². The molecule has 1 saturated heterocycles. The van der Waals surface area contributed by atoms with Gasteiger partial charge in [-0.3, -0.25) is 4.79 Å². The van der Waals surface area contributed by atoms with Gasteiger partial charge in [-0.2, -0.15) is 0 Å². The van der Waals surface area contributed by atoms with E-state index in [-0.39, 0.29) is 11.5 Å². The SMILES string of the molecule is CC1(C(=O)Nc2cc(C(=O)O)ccc2Br)CCNC1. The summed E-state index contributed by atoms with van der Waals surface area (Å²) in [5.74, 6) is -1.11. The normalized spacial score (nSPS) is 22.2. The van der Waals surface area contributed by atoms with E-state index in [0.29, 0.717) is 16.7 Å². The molecule has 5 nitrogen and oxygen atoms in total. The number of nitrogens with one attached hydrogen (secondary N) is 2. The summed E-state index contributed by atoms with van der Waals surface area (Å²) in [6.45, 7) is 3.35. The van der Waals surface area contributed by atoms with E-state index in [2.05, 4.69) is 26.6 Å². The van der Waals surface area contributed by atoms with Crippen LogP contribution < -0.4 is 10.6 Å². The Balaban J connectivity index is 2.20. The zero-order chi connectivity index (χ0) is 14.0. The van der Waals surface area contributed by atoms with Crippen molar-refractivity contribution in [3.63, 3.8) is 0 Å². The first-order valence-corrected chi connectivity index (χ1v) is 6.77. The van der Waals surface area contributed by atoms with Gasteiger partial charge in [0.15, 0.2) is 0 Å². The lowest BCUT2D eigenvalue weighted by Gasteiger charge is -2.22. The predicted octanol–water partition coefficient (Wildman–Crippen LogP) is 2.09. The van der Waals surface area contributed by atoms with Gasteiger partial charge >= 0.3 is 5.97 Å². The highest BCUT2D eigenvalue weighted by Gasteiger charge is 2.36. The highest BCUT2D eigenvalue weighted by Crippen LogP contribution is 2.29. The van der Waals surface area contributed by atoms with Gasteiger partial charge in [0.1, 0.15) is 0 Å². The Labute approximate surface area is 119 Å². The van der Waals surface area contributed by atoms with Crippen LogP contribution in [0.2, 0.25) is 0 Å².